The molecule has 1 amide bonds. The molecular weight excluding hydrogens is 504 g/mol. The van der Waals surface area contributed by atoms with E-state index in [1.165, 1.54) is 13.2 Å². The average molecular weight is 529 g/mol. The summed E-state index contributed by atoms with van der Waals surface area (Å²) in [5.41, 5.74) is 3.16. The summed E-state index contributed by atoms with van der Waals surface area (Å²) in [5, 5.41) is 34.9. The summed E-state index contributed by atoms with van der Waals surface area (Å²) in [6.07, 6.45) is 2.96. The Morgan fingerprint density at radius 2 is 2.03 bits per heavy atom. The van der Waals surface area contributed by atoms with Gasteiger partial charge in [-0.2, -0.15) is 0 Å². The number of hydrogen-bond acceptors (Lipinski definition) is 9. The van der Waals surface area contributed by atoms with Gasteiger partial charge in [-0.25, -0.2) is 0 Å². The van der Waals surface area contributed by atoms with E-state index < -0.39 is 51.9 Å². The summed E-state index contributed by atoms with van der Waals surface area (Å²) in [6, 6.07) is 5.00. The molecule has 3 atom stereocenters. The third-order valence-corrected chi connectivity index (χ3v) is 7.46. The van der Waals surface area contributed by atoms with Crippen LogP contribution >= 0.6 is 11.6 Å². The van der Waals surface area contributed by atoms with Gasteiger partial charge in [-0.3, -0.25) is 14.4 Å². The second-order valence-corrected chi connectivity index (χ2v) is 9.65. The van der Waals surface area contributed by atoms with Crippen molar-refractivity contribution in [2.24, 2.45) is 22.7 Å². The molecule has 0 bridgehead atoms. The summed E-state index contributed by atoms with van der Waals surface area (Å²) in [6.45, 7) is -0.258. The zero-order chi connectivity index (χ0) is 27.1. The first-order chi connectivity index (χ1) is 17.6. The van der Waals surface area contributed by atoms with E-state index in [1.807, 2.05) is 0 Å². The van der Waals surface area contributed by atoms with Crippen LogP contribution < -0.4 is 10.5 Å². The minimum absolute atomic E-state index is 0.0502. The second kappa shape index (κ2) is 10.0. The van der Waals surface area contributed by atoms with Crippen molar-refractivity contribution in [3.05, 3.63) is 74.0 Å². The number of ether oxygens (including phenoxy) is 1. The Bertz CT molecular complexity index is 1340. The van der Waals surface area contributed by atoms with E-state index in [9.17, 15) is 34.6 Å². The first-order valence-electron chi connectivity index (χ1n) is 11.5. The van der Waals surface area contributed by atoms with Crippen LogP contribution in [0.3, 0.4) is 0 Å². The zero-order valence-electron chi connectivity index (χ0n) is 19.9. The Labute approximate surface area is 216 Å². The van der Waals surface area contributed by atoms with E-state index in [-0.39, 0.29) is 37.9 Å². The topological polar surface area (TPSA) is 177 Å². The van der Waals surface area contributed by atoms with E-state index >= 15 is 0 Å². The number of carbonyl (C=O) groups excluding carboxylic acids is 3. The number of halogens is 1. The van der Waals surface area contributed by atoms with Gasteiger partial charge in [-0.15, -0.1) is 4.91 Å². The number of aliphatic hydroxyl groups is 3. The molecule has 0 unspecified atom stereocenters. The van der Waals surface area contributed by atoms with Gasteiger partial charge in [0, 0.05) is 34.9 Å². The molecule has 5 N–H and O–H groups in total. The summed E-state index contributed by atoms with van der Waals surface area (Å²) >= 11 is 6.23. The molecule has 1 aromatic carbocycles. The van der Waals surface area contributed by atoms with Crippen LogP contribution in [0.2, 0.25) is 5.02 Å². The van der Waals surface area contributed by atoms with Crippen molar-refractivity contribution < 1.29 is 34.4 Å². The molecule has 3 aliphatic carbocycles. The summed E-state index contributed by atoms with van der Waals surface area (Å²) in [4.78, 5) is 49.8. The molecule has 1 saturated carbocycles. The SMILES string of the molecule is COc1ccc(Cl)cc1C(/C=C\CO)=C1/CC(=O)C2=C(N=O)[C@]3(O)C(O)=C(C(N)=O)C(=O)C[C@@H]3C[C@@H]2C1. The van der Waals surface area contributed by atoms with E-state index in [0.29, 0.717) is 27.5 Å². The van der Waals surface area contributed by atoms with Gasteiger partial charge in [0.1, 0.15) is 22.8 Å². The molecule has 0 heterocycles. The van der Waals surface area contributed by atoms with Crippen molar-refractivity contribution in [3.8, 4) is 5.75 Å². The minimum atomic E-state index is -2.47. The zero-order valence-corrected chi connectivity index (χ0v) is 20.6. The largest absolute Gasteiger partial charge is 0.508 e. The van der Waals surface area contributed by atoms with Crippen LogP contribution in [0.15, 0.2) is 63.7 Å². The average Bonchev–Trinajstić information content (AvgIpc) is 2.84. The Morgan fingerprint density at radius 3 is 2.65 bits per heavy atom. The lowest BCUT2D eigenvalue weighted by atomic mass is 9.60. The van der Waals surface area contributed by atoms with E-state index in [1.54, 1.807) is 24.3 Å². The quantitative estimate of drug-likeness (QED) is 0.321. The normalized spacial score (nSPS) is 27.2. The Kier molecular flexibility index (Phi) is 7.18. The fraction of sp³-hybridized carbons (Fsp3) is 0.346. The highest BCUT2D eigenvalue weighted by molar-refractivity contribution is 6.30. The number of methoxy groups -OCH3 is 1. The molecule has 194 valence electrons. The number of nitroso groups, excluding NO2 is 1. The number of primary amides is 1. The van der Waals surface area contributed by atoms with Crippen molar-refractivity contribution in [1.82, 2.24) is 0 Å². The molecule has 0 radical (unpaired) electrons. The maximum Gasteiger partial charge on any atom is 0.255 e. The third kappa shape index (κ3) is 4.30. The van der Waals surface area contributed by atoms with Crippen molar-refractivity contribution >= 4 is 34.6 Å². The van der Waals surface area contributed by atoms with Crippen LogP contribution in [-0.4, -0.2) is 52.1 Å². The third-order valence-electron chi connectivity index (χ3n) is 7.22. The number of aliphatic hydroxyl groups excluding tert-OH is 2. The molecule has 4 rings (SSSR count). The molecule has 11 heteroatoms. The number of hydrogen-bond donors (Lipinski definition) is 4. The number of nitrogens with two attached hydrogens (primary N) is 1. The van der Waals surface area contributed by atoms with Gasteiger partial charge in [0.2, 0.25) is 0 Å². The highest BCUT2D eigenvalue weighted by Crippen LogP contribution is 2.54. The van der Waals surface area contributed by atoms with Crippen LogP contribution in [0.5, 0.6) is 5.75 Å². The number of allylic oxidation sites excluding steroid dienone is 4. The molecule has 1 aromatic rings. The lowest BCUT2D eigenvalue weighted by Crippen LogP contribution is -2.53. The molecule has 0 aromatic heterocycles. The smallest absolute Gasteiger partial charge is 0.255 e. The van der Waals surface area contributed by atoms with Gasteiger partial charge in [0.15, 0.2) is 17.2 Å². The fourth-order valence-electron chi connectivity index (χ4n) is 5.65. The second-order valence-electron chi connectivity index (χ2n) is 9.22. The summed E-state index contributed by atoms with van der Waals surface area (Å²) in [7, 11) is 1.49. The van der Waals surface area contributed by atoms with Crippen LogP contribution in [0.1, 0.15) is 31.2 Å². The molecule has 0 spiro atoms. The number of nitrogens with zero attached hydrogens (tertiary/aromatic N) is 1. The van der Waals surface area contributed by atoms with E-state index in [4.69, 9.17) is 22.1 Å². The van der Waals surface area contributed by atoms with E-state index in [0.717, 1.165) is 0 Å². The fourth-order valence-corrected chi connectivity index (χ4v) is 5.82. The number of carbonyl (C=O) groups is 3. The van der Waals surface area contributed by atoms with Crippen LogP contribution in [0.25, 0.3) is 5.57 Å². The Hall–Kier alpha value is -3.60. The highest BCUT2D eigenvalue weighted by Gasteiger charge is 2.58. The first-order valence-corrected chi connectivity index (χ1v) is 11.9. The predicted octanol–water partition coefficient (Wildman–Crippen LogP) is 2.67. The predicted molar refractivity (Wildman–Crippen MR) is 133 cm³/mol. The van der Waals surface area contributed by atoms with Crippen LogP contribution in [0, 0.1) is 16.7 Å². The Morgan fingerprint density at radius 1 is 1.30 bits per heavy atom. The van der Waals surface area contributed by atoms with Crippen molar-refractivity contribution in [3.63, 3.8) is 0 Å². The Balaban J connectivity index is 1.90. The van der Waals surface area contributed by atoms with Crippen molar-refractivity contribution in [1.29, 1.82) is 0 Å². The molecule has 3 aliphatic rings. The highest BCUT2D eigenvalue weighted by atomic mass is 35.5. The van der Waals surface area contributed by atoms with Gasteiger partial charge in [0.25, 0.3) is 5.91 Å². The summed E-state index contributed by atoms with van der Waals surface area (Å²) in [5.74, 6) is -4.69. The molecule has 37 heavy (non-hydrogen) atoms. The molecule has 1 fully saturated rings. The lowest BCUT2D eigenvalue weighted by molar-refractivity contribution is -0.127. The number of ketones is 2. The van der Waals surface area contributed by atoms with Gasteiger partial charge in [-0.1, -0.05) is 29.3 Å². The maximum absolute atomic E-state index is 13.5. The standard InChI is InChI=1S/C26H25ClN2O8/c1-37-20-5-4-15(27)11-17(20)16(3-2-6-30)12-7-13-8-14-10-19(32)22(25(28)34)24(33)26(14,35)23(29-36)21(13)18(31)9-12/h2-5,11,13-14,30,33,35H,6-10H2,1H3,(H2,28,34)/b3-2-,16-12+/t13-,14-,26-/m0/s1. The summed E-state index contributed by atoms with van der Waals surface area (Å²) < 4.78 is 5.48. The number of fused-ring (bicyclic) bond motifs is 2. The van der Waals surface area contributed by atoms with Crippen LogP contribution in [-0.2, 0) is 14.4 Å². The molecule has 0 aliphatic heterocycles. The monoisotopic (exact) mass is 528 g/mol. The van der Waals surface area contributed by atoms with Crippen LogP contribution in [0.4, 0.5) is 0 Å². The molecule has 10 nitrogen and oxygen atoms in total. The number of rotatable bonds is 6. The van der Waals surface area contributed by atoms with Crippen molar-refractivity contribution in [2.45, 2.75) is 31.3 Å². The van der Waals surface area contributed by atoms with Gasteiger partial charge in [0.05, 0.1) is 13.7 Å². The molecule has 0 saturated heterocycles. The van der Waals surface area contributed by atoms with Gasteiger partial charge >= 0.3 is 0 Å². The number of Topliss-reactive ketones (excluding diaryl/α,β-unsaturated/α-hetero) is 2. The van der Waals surface area contributed by atoms with E-state index in [2.05, 4.69) is 5.18 Å². The van der Waals surface area contributed by atoms with Crippen molar-refractivity contribution in [2.75, 3.05) is 13.7 Å². The maximum atomic E-state index is 13.5. The lowest BCUT2D eigenvalue weighted by Gasteiger charge is -2.46. The van der Waals surface area contributed by atoms with Gasteiger partial charge in [-0.05, 0) is 47.7 Å². The minimum Gasteiger partial charge on any atom is -0.508 e. The number of benzene rings is 1. The first kappa shape index (κ1) is 26.5. The number of amides is 1. The molecular formula is C26H25ClN2O8. The van der Waals surface area contributed by atoms with Gasteiger partial charge < -0.3 is 25.8 Å².